The van der Waals surface area contributed by atoms with Crippen LogP contribution in [-0.4, -0.2) is 23.9 Å². The molecule has 3 rings (SSSR count). The Morgan fingerprint density at radius 1 is 1.30 bits per heavy atom. The van der Waals surface area contributed by atoms with Crippen LogP contribution in [0, 0.1) is 16.7 Å². The van der Waals surface area contributed by atoms with Gasteiger partial charge >= 0.3 is 0 Å². The van der Waals surface area contributed by atoms with Crippen molar-refractivity contribution in [1.82, 2.24) is 0 Å². The van der Waals surface area contributed by atoms with Gasteiger partial charge in [0.05, 0.1) is 18.3 Å². The van der Waals surface area contributed by atoms with Crippen molar-refractivity contribution < 1.29 is 9.84 Å². The summed E-state index contributed by atoms with van der Waals surface area (Å²) in [5, 5.41) is 20.8. The molecule has 20 heavy (non-hydrogen) atoms. The lowest BCUT2D eigenvalue weighted by atomic mass is 9.62. The molecule has 1 N–H and O–H groups in total. The summed E-state index contributed by atoms with van der Waals surface area (Å²) in [6.45, 7) is 1.05. The molecule has 2 atom stereocenters. The predicted octanol–water partition coefficient (Wildman–Crippen LogP) is 2.99. The third-order valence-electron chi connectivity index (χ3n) is 4.80. The van der Waals surface area contributed by atoms with Gasteiger partial charge in [-0.2, -0.15) is 5.26 Å². The second-order valence-corrected chi connectivity index (χ2v) is 6.89. The summed E-state index contributed by atoms with van der Waals surface area (Å²) in [6, 6.07) is 8.56. The van der Waals surface area contributed by atoms with Crippen molar-refractivity contribution in [1.29, 1.82) is 5.26 Å². The quantitative estimate of drug-likeness (QED) is 0.858. The van der Waals surface area contributed by atoms with Gasteiger partial charge in [0.2, 0.25) is 0 Å². The van der Waals surface area contributed by atoms with Gasteiger partial charge in [-0.25, -0.2) is 0 Å². The van der Waals surface area contributed by atoms with Crippen molar-refractivity contribution in [3.8, 4) is 6.07 Å². The van der Waals surface area contributed by atoms with Gasteiger partial charge in [0.25, 0.3) is 0 Å². The number of aryl methyl sites for hydroxylation is 1. The summed E-state index contributed by atoms with van der Waals surface area (Å²) in [7, 11) is 0. The molecule has 0 aromatic heterocycles. The second kappa shape index (κ2) is 5.14. The van der Waals surface area contributed by atoms with E-state index in [0.717, 1.165) is 29.3 Å². The van der Waals surface area contributed by atoms with Crippen molar-refractivity contribution in [2.75, 3.05) is 13.2 Å². The molecule has 0 saturated carbocycles. The Kier molecular flexibility index (Phi) is 3.62. The minimum absolute atomic E-state index is 0.353. The zero-order chi connectivity index (χ0) is 14.2. The molecule has 1 aliphatic heterocycles. The minimum Gasteiger partial charge on any atom is -0.388 e. The summed E-state index contributed by atoms with van der Waals surface area (Å²) >= 11 is 3.48. The van der Waals surface area contributed by atoms with Crippen LogP contribution in [0.15, 0.2) is 22.7 Å². The molecule has 1 aromatic rings. The first kappa shape index (κ1) is 14.1. The molecule has 2 aliphatic rings. The van der Waals surface area contributed by atoms with E-state index in [9.17, 15) is 10.4 Å². The Balaban J connectivity index is 1.94. The third-order valence-corrected chi connectivity index (χ3v) is 5.30. The van der Waals surface area contributed by atoms with Gasteiger partial charge in [0.1, 0.15) is 5.41 Å². The van der Waals surface area contributed by atoms with Gasteiger partial charge in [0, 0.05) is 17.5 Å². The smallest absolute Gasteiger partial charge is 0.110 e. The SMILES string of the molecule is N#CC1(C2(O)CCc3cc(Br)ccc3C2)CCCOC1. The molecule has 1 aromatic carbocycles. The van der Waals surface area contributed by atoms with Crippen molar-refractivity contribution in [3.63, 3.8) is 0 Å². The van der Waals surface area contributed by atoms with Crippen molar-refractivity contribution in [2.45, 2.75) is 37.7 Å². The number of rotatable bonds is 1. The molecule has 1 saturated heterocycles. The molecule has 1 fully saturated rings. The van der Waals surface area contributed by atoms with Gasteiger partial charge in [-0.05, 0) is 48.9 Å². The minimum atomic E-state index is -0.969. The zero-order valence-electron chi connectivity index (χ0n) is 11.4. The predicted molar refractivity (Wildman–Crippen MR) is 79.2 cm³/mol. The third kappa shape index (κ3) is 2.18. The molecule has 4 heteroatoms. The van der Waals surface area contributed by atoms with E-state index in [0.29, 0.717) is 26.1 Å². The highest BCUT2D eigenvalue weighted by molar-refractivity contribution is 9.10. The number of hydrogen-bond donors (Lipinski definition) is 1. The van der Waals surface area contributed by atoms with Gasteiger partial charge < -0.3 is 9.84 Å². The van der Waals surface area contributed by atoms with Gasteiger partial charge in [-0.1, -0.05) is 22.0 Å². The number of ether oxygens (including phenoxy) is 1. The lowest BCUT2D eigenvalue weighted by molar-refractivity contribution is -0.124. The van der Waals surface area contributed by atoms with Crippen molar-refractivity contribution in [3.05, 3.63) is 33.8 Å². The number of halogens is 1. The van der Waals surface area contributed by atoms with Gasteiger partial charge in [-0.15, -0.1) is 0 Å². The van der Waals surface area contributed by atoms with E-state index in [1.165, 1.54) is 5.56 Å². The monoisotopic (exact) mass is 335 g/mol. The number of aliphatic hydroxyl groups is 1. The summed E-state index contributed by atoms with van der Waals surface area (Å²) in [5.74, 6) is 0. The Bertz CT molecular complexity index is 560. The topological polar surface area (TPSA) is 53.2 Å². The van der Waals surface area contributed by atoms with Crippen LogP contribution in [0.25, 0.3) is 0 Å². The Morgan fingerprint density at radius 3 is 2.85 bits per heavy atom. The van der Waals surface area contributed by atoms with Crippen LogP contribution in [-0.2, 0) is 17.6 Å². The lowest BCUT2D eigenvalue weighted by Crippen LogP contribution is -2.55. The number of hydrogen-bond acceptors (Lipinski definition) is 3. The number of nitrogens with zero attached hydrogens (tertiary/aromatic N) is 1. The van der Waals surface area contributed by atoms with Crippen LogP contribution in [0.4, 0.5) is 0 Å². The molecule has 1 heterocycles. The first-order valence-corrected chi connectivity index (χ1v) is 7.87. The summed E-state index contributed by atoms with van der Waals surface area (Å²) in [5.41, 5.74) is 0.704. The van der Waals surface area contributed by atoms with Crippen molar-refractivity contribution >= 4 is 15.9 Å². The van der Waals surface area contributed by atoms with E-state index in [2.05, 4.69) is 34.1 Å². The number of fused-ring (bicyclic) bond motifs is 1. The summed E-state index contributed by atoms with van der Waals surface area (Å²) in [4.78, 5) is 0. The molecule has 106 valence electrons. The molecule has 2 unspecified atom stereocenters. The summed E-state index contributed by atoms with van der Waals surface area (Å²) < 4.78 is 6.58. The van der Waals surface area contributed by atoms with Gasteiger partial charge in [-0.3, -0.25) is 0 Å². The first-order valence-electron chi connectivity index (χ1n) is 7.07. The van der Waals surface area contributed by atoms with Crippen LogP contribution >= 0.6 is 15.9 Å². The van der Waals surface area contributed by atoms with E-state index in [1.807, 2.05) is 6.07 Å². The van der Waals surface area contributed by atoms with E-state index < -0.39 is 11.0 Å². The maximum absolute atomic E-state index is 11.1. The van der Waals surface area contributed by atoms with Crippen LogP contribution in [0.1, 0.15) is 30.4 Å². The Morgan fingerprint density at radius 2 is 2.15 bits per heavy atom. The highest BCUT2D eigenvalue weighted by Gasteiger charge is 2.53. The maximum atomic E-state index is 11.1. The van der Waals surface area contributed by atoms with E-state index in [1.54, 1.807) is 0 Å². The fraction of sp³-hybridized carbons (Fsp3) is 0.562. The average Bonchev–Trinajstić information content (AvgIpc) is 2.48. The fourth-order valence-electron chi connectivity index (χ4n) is 3.51. The normalized spacial score (nSPS) is 33.2. The number of nitriles is 1. The summed E-state index contributed by atoms with van der Waals surface area (Å²) in [6.07, 6.45) is 3.57. The first-order chi connectivity index (χ1) is 9.59. The Labute approximate surface area is 127 Å². The fourth-order valence-corrected chi connectivity index (χ4v) is 3.92. The molecule has 0 bridgehead atoms. The van der Waals surface area contributed by atoms with Crippen LogP contribution in [0.5, 0.6) is 0 Å². The van der Waals surface area contributed by atoms with Crippen LogP contribution < -0.4 is 0 Å². The molecule has 1 aliphatic carbocycles. The largest absolute Gasteiger partial charge is 0.388 e. The molecule has 0 radical (unpaired) electrons. The molecular weight excluding hydrogens is 318 g/mol. The lowest BCUT2D eigenvalue weighted by Gasteiger charge is -2.47. The highest BCUT2D eigenvalue weighted by atomic mass is 79.9. The van der Waals surface area contributed by atoms with Crippen LogP contribution in [0.3, 0.4) is 0 Å². The standard InChI is InChI=1S/C16H18BrNO2/c17-14-3-2-13-9-16(19,6-4-12(13)8-14)15(10-18)5-1-7-20-11-15/h2-3,8,19H,1,4-7,9,11H2. The van der Waals surface area contributed by atoms with Gasteiger partial charge in [0.15, 0.2) is 0 Å². The van der Waals surface area contributed by atoms with E-state index in [-0.39, 0.29) is 0 Å². The Hall–Kier alpha value is -0.890. The van der Waals surface area contributed by atoms with E-state index in [4.69, 9.17) is 4.74 Å². The van der Waals surface area contributed by atoms with E-state index >= 15 is 0 Å². The van der Waals surface area contributed by atoms with Crippen molar-refractivity contribution in [2.24, 2.45) is 5.41 Å². The average molecular weight is 336 g/mol. The van der Waals surface area contributed by atoms with Crippen LogP contribution in [0.2, 0.25) is 0 Å². The number of benzene rings is 1. The second-order valence-electron chi connectivity index (χ2n) is 5.97. The zero-order valence-corrected chi connectivity index (χ0v) is 12.9. The molecular formula is C16H18BrNO2. The molecule has 0 spiro atoms. The highest BCUT2D eigenvalue weighted by Crippen LogP contribution is 2.46. The molecule has 3 nitrogen and oxygen atoms in total. The maximum Gasteiger partial charge on any atom is 0.110 e. The molecule has 0 amide bonds.